The molecule has 14 heavy (non-hydrogen) atoms. The maximum Gasteiger partial charge on any atom is 1.00 e. The van der Waals surface area contributed by atoms with E-state index < -0.39 is 14.6 Å². The van der Waals surface area contributed by atoms with Crippen LogP contribution < -0.4 is 338 Å². The summed E-state index contributed by atoms with van der Waals surface area (Å²) in [6.07, 6.45) is 0. The van der Waals surface area contributed by atoms with E-state index in [2.05, 4.69) is 0 Å². The third kappa shape index (κ3) is 98.8. The van der Waals surface area contributed by atoms with Gasteiger partial charge in [-0.15, -0.1) is 0 Å². The molecule has 0 bridgehead atoms. The third-order valence-electron chi connectivity index (χ3n) is 0. The number of hydrogen-bond donors (Lipinski definition) is 0. The average Bonchev–Trinajstić information content (AvgIpc) is 1.25. The van der Waals surface area contributed by atoms with E-state index in [1.807, 2.05) is 0 Å². The van der Waals surface area contributed by atoms with Gasteiger partial charge in [-0.1, -0.05) is 0 Å². The van der Waals surface area contributed by atoms with Crippen molar-refractivity contribution in [1.29, 1.82) is 0 Å². The second-order valence-corrected chi connectivity index (χ2v) is 0.577. The van der Waals surface area contributed by atoms with Crippen LogP contribution >= 0.6 is 0 Å². The Hall–Kier alpha value is 9.71. The maximum atomic E-state index is 8.42. The second kappa shape index (κ2) is 43.4. The van der Waals surface area contributed by atoms with Crippen molar-refractivity contribution in [2.75, 3.05) is 0 Å². The molecule has 0 aromatic heterocycles. The zero-order valence-corrected chi connectivity index (χ0v) is 28.3. The van der Waals surface area contributed by atoms with E-state index in [1.54, 1.807) is 0 Å². The van der Waals surface area contributed by atoms with Crippen LogP contribution in [0.4, 0.5) is 0 Å². The van der Waals surface area contributed by atoms with E-state index in [4.69, 9.17) is 30.1 Å². The SMILES string of the molecule is [K+].[K+].[K+].[K+].[K+].[K+].[O-]B([O-])[O-].[O-]B([O-])[O-]. The minimum absolute atomic E-state index is 0. The average molecular weight is 352 g/mol. The summed E-state index contributed by atoms with van der Waals surface area (Å²) in [5, 5.41) is 50.5. The Bertz CT molecular complexity index is 35.8. The molecule has 0 aliphatic rings. The molecule has 0 spiro atoms. The fraction of sp³-hybridized carbons (Fsp3) is 0. The fourth-order valence-corrected chi connectivity index (χ4v) is 0. The Labute approximate surface area is 340 Å². The van der Waals surface area contributed by atoms with E-state index in [9.17, 15) is 0 Å². The van der Waals surface area contributed by atoms with E-state index in [-0.39, 0.29) is 308 Å². The van der Waals surface area contributed by atoms with Gasteiger partial charge < -0.3 is 30.1 Å². The normalized spacial score (nSPS) is 3.86. The molecule has 0 saturated heterocycles. The maximum absolute atomic E-state index is 8.42. The van der Waals surface area contributed by atoms with Crippen LogP contribution in [0.1, 0.15) is 0 Å². The molecule has 0 fully saturated rings. The van der Waals surface area contributed by atoms with Crippen molar-refractivity contribution in [3.63, 3.8) is 0 Å². The molecule has 0 aromatic carbocycles. The topological polar surface area (TPSA) is 138 Å². The quantitative estimate of drug-likeness (QED) is 0.397. The number of hydrogen-bond acceptors (Lipinski definition) is 6. The van der Waals surface area contributed by atoms with Crippen molar-refractivity contribution in [3.8, 4) is 0 Å². The van der Waals surface area contributed by atoms with Crippen molar-refractivity contribution in [1.82, 2.24) is 0 Å². The van der Waals surface area contributed by atoms with Crippen LogP contribution in [-0.2, 0) is 0 Å². The van der Waals surface area contributed by atoms with Crippen molar-refractivity contribution in [2.45, 2.75) is 0 Å². The monoisotopic (exact) mass is 352 g/mol. The first-order valence-corrected chi connectivity index (χ1v) is 1.41. The zero-order chi connectivity index (χ0) is 7.15. The molecule has 6 nitrogen and oxygen atoms in total. The van der Waals surface area contributed by atoms with Crippen molar-refractivity contribution in [2.24, 2.45) is 0 Å². The molecule has 14 heteroatoms. The largest absolute Gasteiger partial charge is 1.00 e. The first kappa shape index (κ1) is 49.5. The van der Waals surface area contributed by atoms with Crippen LogP contribution in [-0.4, -0.2) is 14.6 Å². The summed E-state index contributed by atoms with van der Waals surface area (Å²) in [5.74, 6) is 0. The van der Waals surface area contributed by atoms with Gasteiger partial charge >= 0.3 is 308 Å². The molecule has 0 heterocycles. The Morgan fingerprint density at radius 1 is 0.357 bits per heavy atom. The summed E-state index contributed by atoms with van der Waals surface area (Å²) >= 11 is 0. The van der Waals surface area contributed by atoms with Gasteiger partial charge in [0, 0.05) is 0 Å². The first-order chi connectivity index (χ1) is 3.46. The van der Waals surface area contributed by atoms with Gasteiger partial charge in [0.25, 0.3) is 0 Å². The minimum Gasteiger partial charge on any atom is -0.907 e. The van der Waals surface area contributed by atoms with Crippen molar-refractivity contribution < 1.29 is 338 Å². The molecule has 0 atom stereocenters. The number of rotatable bonds is 0. The van der Waals surface area contributed by atoms with Gasteiger partial charge in [0.15, 0.2) is 0 Å². The standard InChI is InChI=1S/2BO3.6K/c2*2-1(3)4;;;;;;/q2*-3;6*+1. The summed E-state index contributed by atoms with van der Waals surface area (Å²) in [4.78, 5) is 0. The first-order valence-electron chi connectivity index (χ1n) is 1.41. The zero-order valence-electron chi connectivity index (χ0n) is 9.60. The van der Waals surface area contributed by atoms with Gasteiger partial charge in [0.05, 0.1) is 0 Å². The molecule has 0 N–H and O–H groups in total. The van der Waals surface area contributed by atoms with E-state index >= 15 is 0 Å². The molecule has 0 amide bonds. The van der Waals surface area contributed by atoms with Crippen LogP contribution in [0.3, 0.4) is 0 Å². The third-order valence-corrected chi connectivity index (χ3v) is 0. The molecule has 0 saturated carbocycles. The summed E-state index contributed by atoms with van der Waals surface area (Å²) in [7, 11) is -5.83. The van der Waals surface area contributed by atoms with Crippen LogP contribution in [0.15, 0.2) is 0 Å². The van der Waals surface area contributed by atoms with Crippen LogP contribution in [0.2, 0.25) is 0 Å². The molecular weight excluding hydrogens is 352 g/mol. The molecule has 0 radical (unpaired) electrons. The van der Waals surface area contributed by atoms with Crippen molar-refractivity contribution in [3.05, 3.63) is 0 Å². The summed E-state index contributed by atoms with van der Waals surface area (Å²) < 4.78 is 0. The molecule has 0 aliphatic heterocycles. The smallest absolute Gasteiger partial charge is 0.907 e. The van der Waals surface area contributed by atoms with Crippen LogP contribution in [0.25, 0.3) is 0 Å². The predicted molar refractivity (Wildman–Crippen MR) is 11.5 cm³/mol. The van der Waals surface area contributed by atoms with Crippen LogP contribution in [0, 0.1) is 0 Å². The van der Waals surface area contributed by atoms with Gasteiger partial charge in [-0.25, -0.2) is 0 Å². The summed E-state index contributed by atoms with van der Waals surface area (Å²) in [6, 6.07) is 0. The van der Waals surface area contributed by atoms with Crippen molar-refractivity contribution >= 4 is 14.6 Å². The van der Waals surface area contributed by atoms with Gasteiger partial charge in [-0.05, 0) is 0 Å². The predicted octanol–water partition coefficient (Wildman–Crippen LogP) is -25.9. The minimum atomic E-state index is -2.92. The van der Waals surface area contributed by atoms with E-state index in [0.717, 1.165) is 0 Å². The van der Waals surface area contributed by atoms with E-state index in [0.29, 0.717) is 0 Å². The second-order valence-electron chi connectivity index (χ2n) is 0.577. The van der Waals surface area contributed by atoms with Gasteiger partial charge in [0.2, 0.25) is 0 Å². The molecule has 0 rings (SSSR count). The van der Waals surface area contributed by atoms with Crippen LogP contribution in [0.5, 0.6) is 0 Å². The fourth-order valence-electron chi connectivity index (χ4n) is 0. The molecule has 48 valence electrons. The van der Waals surface area contributed by atoms with E-state index in [1.165, 1.54) is 0 Å². The molecule has 0 aliphatic carbocycles. The Morgan fingerprint density at radius 2 is 0.357 bits per heavy atom. The Kier molecular flexibility index (Phi) is 153. The Balaban J connectivity index is -0.00000000600. The molecular formula is B2K6O6. The molecule has 0 unspecified atom stereocenters. The van der Waals surface area contributed by atoms with Gasteiger partial charge in [0.1, 0.15) is 0 Å². The summed E-state index contributed by atoms with van der Waals surface area (Å²) in [6.45, 7) is 0. The Morgan fingerprint density at radius 3 is 0.357 bits per heavy atom. The van der Waals surface area contributed by atoms with Gasteiger partial charge in [-0.3, -0.25) is 14.6 Å². The van der Waals surface area contributed by atoms with Gasteiger partial charge in [-0.2, -0.15) is 0 Å². The summed E-state index contributed by atoms with van der Waals surface area (Å²) in [5.41, 5.74) is 0. The molecule has 0 aromatic rings.